The normalized spacial score (nSPS) is 13.0. The topological polar surface area (TPSA) is 88.2 Å². The van der Waals surface area contributed by atoms with E-state index in [1.165, 1.54) is 17.4 Å². The van der Waals surface area contributed by atoms with Crippen molar-refractivity contribution in [3.63, 3.8) is 0 Å². The summed E-state index contributed by atoms with van der Waals surface area (Å²) in [7, 11) is -3.87. The fraction of sp³-hybridized carbons (Fsp3) is 0.333. The summed E-state index contributed by atoms with van der Waals surface area (Å²) in [4.78, 5) is 17.4. The molecule has 1 atom stereocenters. The van der Waals surface area contributed by atoms with Gasteiger partial charge in [-0.2, -0.15) is 4.72 Å². The van der Waals surface area contributed by atoms with Crippen LogP contribution in [-0.2, 0) is 21.2 Å². The van der Waals surface area contributed by atoms with Crippen LogP contribution < -0.4 is 10.0 Å². The zero-order valence-corrected chi connectivity index (χ0v) is 18.5. The van der Waals surface area contributed by atoms with Crippen molar-refractivity contribution in [2.24, 2.45) is 5.92 Å². The number of nitrogens with zero attached hydrogens (tertiary/aromatic N) is 1. The van der Waals surface area contributed by atoms with E-state index < -0.39 is 16.1 Å². The highest BCUT2D eigenvalue weighted by Crippen LogP contribution is 2.25. The van der Waals surface area contributed by atoms with Crippen LogP contribution in [0.2, 0.25) is 0 Å². The molecule has 0 radical (unpaired) electrons. The number of amides is 1. The number of hydrogen-bond acceptors (Lipinski definition) is 5. The molecule has 1 amide bonds. The Hall–Kier alpha value is -2.29. The van der Waals surface area contributed by atoms with Gasteiger partial charge in [0.25, 0.3) is 0 Å². The maximum atomic E-state index is 13.0. The number of fused-ring (bicyclic) bond motifs is 1. The first-order valence-electron chi connectivity index (χ1n) is 9.49. The molecule has 1 heterocycles. The first-order chi connectivity index (χ1) is 13.7. The lowest BCUT2D eigenvalue weighted by molar-refractivity contribution is -0.118. The van der Waals surface area contributed by atoms with Crippen LogP contribution in [0.4, 0.5) is 5.69 Å². The van der Waals surface area contributed by atoms with Crippen LogP contribution in [0.25, 0.3) is 10.2 Å². The molecule has 154 valence electrons. The van der Waals surface area contributed by atoms with Crippen molar-refractivity contribution >= 4 is 43.2 Å². The van der Waals surface area contributed by atoms with E-state index in [-0.39, 0.29) is 16.7 Å². The summed E-state index contributed by atoms with van der Waals surface area (Å²) in [5, 5.41) is 3.75. The Morgan fingerprint density at radius 3 is 2.59 bits per heavy atom. The van der Waals surface area contributed by atoms with Gasteiger partial charge in [0.1, 0.15) is 6.04 Å². The lowest BCUT2D eigenvalue weighted by atomic mass is 10.0. The van der Waals surface area contributed by atoms with Gasteiger partial charge in [-0.1, -0.05) is 39.0 Å². The number of rotatable bonds is 7. The molecule has 3 rings (SSSR count). The summed E-state index contributed by atoms with van der Waals surface area (Å²) in [6.45, 7) is 7.51. The van der Waals surface area contributed by atoms with Gasteiger partial charge in [-0.25, -0.2) is 13.4 Å². The summed E-state index contributed by atoms with van der Waals surface area (Å²) in [6.07, 6.45) is 0.767. The second-order valence-corrected chi connectivity index (χ2v) is 10.2. The monoisotopic (exact) mass is 431 g/mol. The Labute approximate surface area is 175 Å². The number of aryl methyl sites for hydroxylation is 2. The van der Waals surface area contributed by atoms with Crippen LogP contribution in [0.3, 0.4) is 0 Å². The van der Waals surface area contributed by atoms with Crippen LogP contribution in [0, 0.1) is 12.8 Å². The molecule has 29 heavy (non-hydrogen) atoms. The van der Waals surface area contributed by atoms with Crippen molar-refractivity contribution in [2.75, 3.05) is 5.32 Å². The lowest BCUT2D eigenvalue weighted by Crippen LogP contribution is -2.47. The number of carbonyl (C=O) groups excluding carboxylic acids is 1. The minimum Gasteiger partial charge on any atom is -0.324 e. The number of hydrogen-bond donors (Lipinski definition) is 2. The molecule has 8 heteroatoms. The molecule has 0 saturated heterocycles. The number of sulfonamides is 1. The van der Waals surface area contributed by atoms with Crippen molar-refractivity contribution in [1.29, 1.82) is 0 Å². The molecular formula is C21H25N3O3S2. The number of para-hydroxylation sites is 1. The third-order valence-corrected chi connectivity index (χ3v) is 7.04. The highest BCUT2D eigenvalue weighted by Gasteiger charge is 2.29. The average Bonchev–Trinajstić information content (AvgIpc) is 3.05. The SMILES string of the molecule is CCc1ccccc1NC(=O)C(NS(=O)(=O)c1ccc2nc(C)sc2c1)C(C)C. The maximum absolute atomic E-state index is 13.0. The highest BCUT2D eigenvalue weighted by molar-refractivity contribution is 7.89. The molecule has 0 saturated carbocycles. The number of aromatic nitrogens is 1. The third-order valence-electron chi connectivity index (χ3n) is 4.66. The predicted molar refractivity (Wildman–Crippen MR) is 118 cm³/mol. The smallest absolute Gasteiger partial charge is 0.242 e. The standard InChI is InChI=1S/C21H25N3O3S2/c1-5-15-8-6-7-9-17(15)23-21(25)20(13(2)3)24-29(26,27)16-10-11-18-19(12-16)28-14(4)22-18/h6-13,20,24H,5H2,1-4H3,(H,23,25). The molecule has 2 aromatic carbocycles. The van der Waals surface area contributed by atoms with E-state index in [2.05, 4.69) is 15.0 Å². The van der Waals surface area contributed by atoms with E-state index in [0.29, 0.717) is 5.69 Å². The van der Waals surface area contributed by atoms with E-state index in [0.717, 1.165) is 27.2 Å². The van der Waals surface area contributed by atoms with E-state index in [1.54, 1.807) is 12.1 Å². The Balaban J connectivity index is 1.85. The largest absolute Gasteiger partial charge is 0.324 e. The Morgan fingerprint density at radius 1 is 1.17 bits per heavy atom. The van der Waals surface area contributed by atoms with Crippen LogP contribution in [-0.4, -0.2) is 25.4 Å². The van der Waals surface area contributed by atoms with E-state index in [9.17, 15) is 13.2 Å². The van der Waals surface area contributed by atoms with Crippen LogP contribution in [0.1, 0.15) is 31.3 Å². The summed E-state index contributed by atoms with van der Waals surface area (Å²) < 4.78 is 29.3. The average molecular weight is 432 g/mol. The van der Waals surface area contributed by atoms with Gasteiger partial charge in [-0.3, -0.25) is 4.79 Å². The predicted octanol–water partition coefficient (Wildman–Crippen LogP) is 4.11. The molecule has 0 fully saturated rings. The van der Waals surface area contributed by atoms with Gasteiger partial charge in [0.15, 0.2) is 0 Å². The van der Waals surface area contributed by atoms with E-state index in [4.69, 9.17) is 0 Å². The molecule has 0 spiro atoms. The van der Waals surface area contributed by atoms with Gasteiger partial charge >= 0.3 is 0 Å². The zero-order valence-electron chi connectivity index (χ0n) is 16.9. The maximum Gasteiger partial charge on any atom is 0.242 e. The highest BCUT2D eigenvalue weighted by atomic mass is 32.2. The molecular weight excluding hydrogens is 406 g/mol. The summed E-state index contributed by atoms with van der Waals surface area (Å²) >= 11 is 1.44. The molecule has 0 aliphatic carbocycles. The Kier molecular flexibility index (Phi) is 6.36. The first-order valence-corrected chi connectivity index (χ1v) is 11.8. The lowest BCUT2D eigenvalue weighted by Gasteiger charge is -2.22. The van der Waals surface area contributed by atoms with E-state index in [1.807, 2.05) is 52.0 Å². The van der Waals surface area contributed by atoms with Crippen molar-refractivity contribution in [2.45, 2.75) is 45.1 Å². The van der Waals surface area contributed by atoms with Gasteiger partial charge < -0.3 is 5.32 Å². The number of carbonyl (C=O) groups is 1. The third kappa shape index (κ3) is 4.83. The fourth-order valence-electron chi connectivity index (χ4n) is 3.08. The minimum atomic E-state index is -3.87. The molecule has 3 aromatic rings. The number of thiazole rings is 1. The van der Waals surface area contributed by atoms with Gasteiger partial charge in [-0.05, 0) is 49.1 Å². The molecule has 1 unspecified atom stereocenters. The molecule has 1 aromatic heterocycles. The summed E-state index contributed by atoms with van der Waals surface area (Å²) in [5.74, 6) is -0.605. The minimum absolute atomic E-state index is 0.126. The quantitative estimate of drug-likeness (QED) is 0.589. The van der Waals surface area contributed by atoms with Crippen molar-refractivity contribution in [1.82, 2.24) is 9.71 Å². The second kappa shape index (κ2) is 8.61. The van der Waals surface area contributed by atoms with Gasteiger partial charge in [0.2, 0.25) is 15.9 Å². The molecule has 0 aliphatic heterocycles. The van der Waals surface area contributed by atoms with Gasteiger partial charge in [-0.15, -0.1) is 11.3 Å². The van der Waals surface area contributed by atoms with Crippen molar-refractivity contribution in [3.05, 3.63) is 53.0 Å². The molecule has 0 aliphatic rings. The Bertz CT molecular complexity index is 1140. The van der Waals surface area contributed by atoms with Crippen LogP contribution in [0.5, 0.6) is 0 Å². The van der Waals surface area contributed by atoms with E-state index >= 15 is 0 Å². The zero-order chi connectivity index (χ0) is 21.2. The first kappa shape index (κ1) is 21.4. The van der Waals surface area contributed by atoms with Crippen molar-refractivity contribution < 1.29 is 13.2 Å². The molecule has 0 bridgehead atoms. The molecule has 6 nitrogen and oxygen atoms in total. The summed E-state index contributed by atoms with van der Waals surface area (Å²) in [6, 6.07) is 11.4. The second-order valence-electron chi connectivity index (χ2n) is 7.21. The van der Waals surface area contributed by atoms with Gasteiger partial charge in [0.05, 0.1) is 20.1 Å². The fourth-order valence-corrected chi connectivity index (χ4v) is 5.39. The Morgan fingerprint density at radius 2 is 1.90 bits per heavy atom. The van der Waals surface area contributed by atoms with Crippen LogP contribution in [0.15, 0.2) is 47.4 Å². The summed E-state index contributed by atoms with van der Waals surface area (Å²) in [5.41, 5.74) is 2.46. The van der Waals surface area contributed by atoms with Crippen LogP contribution >= 0.6 is 11.3 Å². The number of nitrogens with one attached hydrogen (secondary N) is 2. The molecule has 2 N–H and O–H groups in total. The number of benzene rings is 2. The van der Waals surface area contributed by atoms with Gasteiger partial charge in [0, 0.05) is 5.69 Å². The number of anilines is 1. The van der Waals surface area contributed by atoms with Crippen molar-refractivity contribution in [3.8, 4) is 0 Å².